The average Bonchev–Trinajstić information content (AvgIpc) is 2.85. The van der Waals surface area contributed by atoms with Gasteiger partial charge in [0.2, 0.25) is 0 Å². The van der Waals surface area contributed by atoms with Crippen LogP contribution in [0.4, 0.5) is 11.4 Å². The molecule has 0 saturated carbocycles. The first-order valence-electron chi connectivity index (χ1n) is 10.3. The summed E-state index contributed by atoms with van der Waals surface area (Å²) in [5.41, 5.74) is 2.22. The topological polar surface area (TPSA) is 75.3 Å². The monoisotopic (exact) mass is 474 g/mol. The standard InChI is InChI=1S/C26H22N2O3S2/c29-26(27-21-17-15-20(16-18-21)19-32-22-9-3-1-4-10-22)24-13-7-8-14-25(24)28-33(30,31)23-11-5-2-6-12-23/h1-18,28H,19H2,(H,27,29). The van der Waals surface area contributed by atoms with Gasteiger partial charge in [-0.05, 0) is 54.1 Å². The van der Waals surface area contributed by atoms with E-state index >= 15 is 0 Å². The van der Waals surface area contributed by atoms with Gasteiger partial charge in [-0.25, -0.2) is 8.42 Å². The van der Waals surface area contributed by atoms with E-state index in [0.717, 1.165) is 11.3 Å². The minimum atomic E-state index is -3.81. The van der Waals surface area contributed by atoms with Crippen molar-refractivity contribution in [1.82, 2.24) is 0 Å². The van der Waals surface area contributed by atoms with Crippen molar-refractivity contribution in [2.45, 2.75) is 15.5 Å². The minimum Gasteiger partial charge on any atom is -0.322 e. The van der Waals surface area contributed by atoms with Gasteiger partial charge in [0, 0.05) is 16.3 Å². The highest BCUT2D eigenvalue weighted by Gasteiger charge is 2.18. The number of benzene rings is 4. The van der Waals surface area contributed by atoms with Gasteiger partial charge < -0.3 is 5.32 Å². The number of amides is 1. The maximum Gasteiger partial charge on any atom is 0.261 e. The Bertz CT molecular complexity index is 1330. The minimum absolute atomic E-state index is 0.129. The molecule has 4 aromatic rings. The number of para-hydroxylation sites is 1. The molecule has 2 N–H and O–H groups in total. The Morgan fingerprint density at radius 1 is 0.727 bits per heavy atom. The van der Waals surface area contributed by atoms with Crippen molar-refractivity contribution in [2.24, 2.45) is 0 Å². The number of carbonyl (C=O) groups excluding carboxylic acids is 1. The maximum atomic E-state index is 12.9. The van der Waals surface area contributed by atoms with Crippen LogP contribution < -0.4 is 10.0 Å². The Labute approximate surface area is 197 Å². The Hall–Kier alpha value is -3.55. The Morgan fingerprint density at radius 3 is 2.03 bits per heavy atom. The number of sulfonamides is 1. The molecule has 0 bridgehead atoms. The van der Waals surface area contributed by atoms with Gasteiger partial charge in [0.15, 0.2) is 0 Å². The summed E-state index contributed by atoms with van der Waals surface area (Å²) in [7, 11) is -3.81. The summed E-state index contributed by atoms with van der Waals surface area (Å²) in [4.78, 5) is 14.2. The summed E-state index contributed by atoms with van der Waals surface area (Å²) in [6.45, 7) is 0. The van der Waals surface area contributed by atoms with Crippen LogP contribution in [-0.2, 0) is 15.8 Å². The maximum absolute atomic E-state index is 12.9. The first-order valence-corrected chi connectivity index (χ1v) is 12.7. The van der Waals surface area contributed by atoms with Crippen LogP contribution in [0.15, 0.2) is 119 Å². The zero-order chi connectivity index (χ0) is 23.1. The highest BCUT2D eigenvalue weighted by atomic mass is 32.2. The van der Waals surface area contributed by atoms with Crippen LogP contribution in [0.2, 0.25) is 0 Å². The van der Waals surface area contributed by atoms with Gasteiger partial charge in [0.1, 0.15) is 0 Å². The van der Waals surface area contributed by atoms with Crippen LogP contribution in [0.5, 0.6) is 0 Å². The molecule has 0 spiro atoms. The Kier molecular flexibility index (Phi) is 7.12. The van der Waals surface area contributed by atoms with E-state index in [0.29, 0.717) is 5.69 Å². The lowest BCUT2D eigenvalue weighted by Gasteiger charge is -2.13. The van der Waals surface area contributed by atoms with Crippen molar-refractivity contribution in [3.05, 3.63) is 120 Å². The number of carbonyl (C=O) groups is 1. The second-order valence-corrected chi connectivity index (χ2v) is 9.95. The molecule has 33 heavy (non-hydrogen) atoms. The first-order chi connectivity index (χ1) is 16.0. The molecular formula is C26H22N2O3S2. The van der Waals surface area contributed by atoms with Gasteiger partial charge in [-0.15, -0.1) is 11.8 Å². The lowest BCUT2D eigenvalue weighted by molar-refractivity contribution is 0.102. The number of rotatable bonds is 8. The molecule has 5 nitrogen and oxygen atoms in total. The summed E-state index contributed by atoms with van der Waals surface area (Å²) in [6.07, 6.45) is 0. The molecule has 1 amide bonds. The summed E-state index contributed by atoms with van der Waals surface area (Å²) < 4.78 is 27.9. The molecule has 0 aliphatic carbocycles. The highest BCUT2D eigenvalue weighted by Crippen LogP contribution is 2.24. The molecule has 0 unspecified atom stereocenters. The van der Waals surface area contributed by atoms with E-state index in [1.807, 2.05) is 42.5 Å². The highest BCUT2D eigenvalue weighted by molar-refractivity contribution is 7.98. The molecule has 0 atom stereocenters. The predicted molar refractivity (Wildman–Crippen MR) is 134 cm³/mol. The molecule has 4 aromatic carbocycles. The lowest BCUT2D eigenvalue weighted by atomic mass is 10.1. The van der Waals surface area contributed by atoms with Crippen LogP contribution in [0.1, 0.15) is 15.9 Å². The lowest BCUT2D eigenvalue weighted by Crippen LogP contribution is -2.18. The van der Waals surface area contributed by atoms with Crippen molar-refractivity contribution >= 4 is 39.1 Å². The van der Waals surface area contributed by atoms with Crippen molar-refractivity contribution < 1.29 is 13.2 Å². The third kappa shape index (κ3) is 6.03. The molecule has 0 saturated heterocycles. The van der Waals surface area contributed by atoms with Crippen LogP contribution in [-0.4, -0.2) is 14.3 Å². The molecule has 166 valence electrons. The Morgan fingerprint density at radius 2 is 1.33 bits per heavy atom. The molecule has 4 rings (SSSR count). The fraction of sp³-hybridized carbons (Fsp3) is 0.0385. The van der Waals surface area contributed by atoms with E-state index in [1.54, 1.807) is 54.2 Å². The van der Waals surface area contributed by atoms with E-state index in [-0.39, 0.29) is 16.1 Å². The molecule has 0 aromatic heterocycles. The third-order valence-electron chi connectivity index (χ3n) is 4.83. The Balaban J connectivity index is 1.44. The molecule has 0 heterocycles. The normalized spacial score (nSPS) is 11.0. The van der Waals surface area contributed by atoms with Gasteiger partial charge in [0.05, 0.1) is 16.1 Å². The molecule has 0 fully saturated rings. The summed E-state index contributed by atoms with van der Waals surface area (Å²) >= 11 is 1.74. The second-order valence-electron chi connectivity index (χ2n) is 7.22. The molecule has 0 aliphatic rings. The van der Waals surface area contributed by atoms with Gasteiger partial charge in [0.25, 0.3) is 15.9 Å². The fourth-order valence-corrected chi connectivity index (χ4v) is 5.12. The summed E-state index contributed by atoms with van der Waals surface area (Å²) in [6, 6.07) is 32.4. The number of anilines is 2. The van der Waals surface area contributed by atoms with E-state index in [4.69, 9.17) is 0 Å². The largest absolute Gasteiger partial charge is 0.322 e. The van der Waals surface area contributed by atoms with E-state index in [2.05, 4.69) is 22.2 Å². The first kappa shape index (κ1) is 22.6. The number of nitrogens with one attached hydrogen (secondary N) is 2. The average molecular weight is 475 g/mol. The quantitative estimate of drug-likeness (QED) is 0.306. The molecule has 0 radical (unpaired) electrons. The molecular weight excluding hydrogens is 452 g/mol. The smallest absolute Gasteiger partial charge is 0.261 e. The SMILES string of the molecule is O=C(Nc1ccc(CSc2ccccc2)cc1)c1ccccc1NS(=O)(=O)c1ccccc1. The van der Waals surface area contributed by atoms with Gasteiger partial charge >= 0.3 is 0 Å². The van der Waals surface area contributed by atoms with Crippen molar-refractivity contribution in [1.29, 1.82) is 0 Å². The van der Waals surface area contributed by atoms with Gasteiger partial charge in [-0.2, -0.15) is 0 Å². The summed E-state index contributed by atoms with van der Waals surface area (Å²) in [5, 5.41) is 2.84. The van der Waals surface area contributed by atoms with E-state index in [9.17, 15) is 13.2 Å². The van der Waals surface area contributed by atoms with Crippen LogP contribution in [0.25, 0.3) is 0 Å². The van der Waals surface area contributed by atoms with Crippen LogP contribution >= 0.6 is 11.8 Å². The van der Waals surface area contributed by atoms with Crippen molar-refractivity contribution in [2.75, 3.05) is 10.0 Å². The predicted octanol–water partition coefficient (Wildman–Crippen LogP) is 6.03. The van der Waals surface area contributed by atoms with Crippen LogP contribution in [0, 0.1) is 0 Å². The van der Waals surface area contributed by atoms with Crippen molar-refractivity contribution in [3.63, 3.8) is 0 Å². The van der Waals surface area contributed by atoms with E-state index < -0.39 is 15.9 Å². The number of hydrogen-bond donors (Lipinski definition) is 2. The fourth-order valence-electron chi connectivity index (χ4n) is 3.14. The van der Waals surface area contributed by atoms with Gasteiger partial charge in [-0.3, -0.25) is 9.52 Å². The van der Waals surface area contributed by atoms with Crippen molar-refractivity contribution in [3.8, 4) is 0 Å². The van der Waals surface area contributed by atoms with E-state index in [1.165, 1.54) is 17.0 Å². The third-order valence-corrected chi connectivity index (χ3v) is 7.29. The number of thioether (sulfide) groups is 1. The van der Waals surface area contributed by atoms with Crippen LogP contribution in [0.3, 0.4) is 0 Å². The molecule has 7 heteroatoms. The summed E-state index contributed by atoms with van der Waals surface area (Å²) in [5.74, 6) is 0.426. The second kappa shape index (κ2) is 10.4. The zero-order valence-corrected chi connectivity index (χ0v) is 19.3. The molecule has 0 aliphatic heterocycles. The zero-order valence-electron chi connectivity index (χ0n) is 17.6. The van der Waals surface area contributed by atoms with Gasteiger partial charge in [-0.1, -0.05) is 60.7 Å². The number of hydrogen-bond acceptors (Lipinski definition) is 4.